The van der Waals surface area contributed by atoms with Gasteiger partial charge in [-0.15, -0.1) is 0 Å². The normalized spacial score (nSPS) is 15.2. The van der Waals surface area contributed by atoms with E-state index in [9.17, 15) is 0 Å². The Hall–Kier alpha value is -4.62. The lowest BCUT2D eigenvalue weighted by Crippen LogP contribution is -2.18. The Bertz CT molecular complexity index is 2060. The van der Waals surface area contributed by atoms with E-state index in [0.717, 1.165) is 0 Å². The van der Waals surface area contributed by atoms with E-state index in [1.165, 1.54) is 77.9 Å². The fraction of sp³-hybridized carbons (Fsp3) is 0.171. The van der Waals surface area contributed by atoms with Crippen LogP contribution in [0, 0.1) is 6.92 Å². The van der Waals surface area contributed by atoms with Crippen molar-refractivity contribution in [2.24, 2.45) is 0 Å². The SMILES string of the molecule is Cc1ccccc1N(c1ccc2c(c1)C(C)(C)c1ccccc1-2)c1ccc2c(c1)C(C)(C)c1cc3ccccc3cc1-2. The minimum atomic E-state index is -0.0936. The number of nitrogens with zero attached hydrogens (tertiary/aromatic N) is 1. The number of anilines is 3. The molecule has 1 heteroatoms. The average Bonchev–Trinajstić information content (AvgIpc) is 3.36. The molecule has 0 spiro atoms. The van der Waals surface area contributed by atoms with Crippen molar-refractivity contribution >= 4 is 27.8 Å². The van der Waals surface area contributed by atoms with Crippen LogP contribution in [0.1, 0.15) is 55.5 Å². The Balaban J connectivity index is 1.32. The Morgan fingerprint density at radius 1 is 0.429 bits per heavy atom. The summed E-state index contributed by atoms with van der Waals surface area (Å²) >= 11 is 0. The molecule has 42 heavy (non-hydrogen) atoms. The third-order valence-corrected chi connectivity index (χ3v) is 9.97. The first kappa shape index (κ1) is 25.1. The second-order valence-corrected chi connectivity index (χ2v) is 13.1. The highest BCUT2D eigenvalue weighted by Gasteiger charge is 2.38. The van der Waals surface area contributed by atoms with Crippen LogP contribution < -0.4 is 4.90 Å². The van der Waals surface area contributed by atoms with Crippen LogP contribution in [0.3, 0.4) is 0 Å². The standard InChI is InChI=1S/C41H35N/c1-26-12-6-11-17-39(26)42(29-18-20-32-31-15-9-10-16-35(31)40(2,3)37(32)24-29)30-19-21-33-34-22-27-13-7-8-14-28(27)23-36(34)41(4,5)38(33)25-30/h6-25H,1-5H3. The van der Waals surface area contributed by atoms with E-state index in [0.29, 0.717) is 0 Å². The Labute approximate surface area is 249 Å². The third kappa shape index (κ3) is 3.43. The Morgan fingerprint density at radius 3 is 1.62 bits per heavy atom. The highest BCUT2D eigenvalue weighted by atomic mass is 15.1. The molecule has 0 saturated carbocycles. The van der Waals surface area contributed by atoms with E-state index in [4.69, 9.17) is 0 Å². The highest BCUT2D eigenvalue weighted by Crippen LogP contribution is 2.53. The summed E-state index contributed by atoms with van der Waals surface area (Å²) in [4.78, 5) is 2.46. The van der Waals surface area contributed by atoms with E-state index in [-0.39, 0.29) is 10.8 Å². The van der Waals surface area contributed by atoms with Crippen LogP contribution in [0.25, 0.3) is 33.0 Å². The number of hydrogen-bond acceptors (Lipinski definition) is 1. The van der Waals surface area contributed by atoms with Gasteiger partial charge in [0.1, 0.15) is 0 Å². The van der Waals surface area contributed by atoms with Gasteiger partial charge in [0.05, 0.1) is 0 Å². The number of rotatable bonds is 3. The first-order valence-corrected chi connectivity index (χ1v) is 15.0. The van der Waals surface area contributed by atoms with Gasteiger partial charge in [-0.1, -0.05) is 107 Å². The van der Waals surface area contributed by atoms with Gasteiger partial charge in [0.25, 0.3) is 0 Å². The van der Waals surface area contributed by atoms with Crippen molar-refractivity contribution in [2.75, 3.05) is 4.90 Å². The lowest BCUT2D eigenvalue weighted by Gasteiger charge is -2.30. The predicted molar refractivity (Wildman–Crippen MR) is 178 cm³/mol. The van der Waals surface area contributed by atoms with Gasteiger partial charge in [-0.25, -0.2) is 0 Å². The van der Waals surface area contributed by atoms with Gasteiger partial charge in [-0.2, -0.15) is 0 Å². The van der Waals surface area contributed by atoms with Crippen molar-refractivity contribution in [3.05, 3.63) is 149 Å². The monoisotopic (exact) mass is 541 g/mol. The topological polar surface area (TPSA) is 3.24 Å². The summed E-state index contributed by atoms with van der Waals surface area (Å²) in [7, 11) is 0. The lowest BCUT2D eigenvalue weighted by atomic mass is 9.81. The molecule has 0 atom stereocenters. The fourth-order valence-corrected chi connectivity index (χ4v) is 7.62. The molecule has 0 aromatic heterocycles. The molecule has 0 radical (unpaired) electrons. The summed E-state index contributed by atoms with van der Waals surface area (Å²) in [6, 6.07) is 45.3. The Kier molecular flexibility index (Phi) is 5.20. The van der Waals surface area contributed by atoms with Gasteiger partial charge < -0.3 is 4.90 Å². The molecule has 204 valence electrons. The van der Waals surface area contributed by atoms with Crippen molar-refractivity contribution in [2.45, 2.75) is 45.4 Å². The quantitative estimate of drug-likeness (QED) is 0.215. The van der Waals surface area contributed by atoms with E-state index in [1.807, 2.05) is 0 Å². The molecule has 1 nitrogen and oxygen atoms in total. The smallest absolute Gasteiger partial charge is 0.0490 e. The average molecular weight is 542 g/mol. The molecule has 0 heterocycles. The number of benzene rings is 6. The Morgan fingerprint density at radius 2 is 0.929 bits per heavy atom. The van der Waals surface area contributed by atoms with E-state index >= 15 is 0 Å². The zero-order valence-corrected chi connectivity index (χ0v) is 25.0. The van der Waals surface area contributed by atoms with Crippen LogP contribution in [0.2, 0.25) is 0 Å². The van der Waals surface area contributed by atoms with Crippen molar-refractivity contribution in [1.82, 2.24) is 0 Å². The summed E-state index contributed by atoms with van der Waals surface area (Å²) < 4.78 is 0. The van der Waals surface area contributed by atoms with Gasteiger partial charge in [-0.3, -0.25) is 0 Å². The molecule has 0 N–H and O–H groups in total. The molecule has 2 aliphatic carbocycles. The number of aryl methyl sites for hydroxylation is 1. The highest BCUT2D eigenvalue weighted by molar-refractivity contribution is 5.95. The summed E-state index contributed by atoms with van der Waals surface area (Å²) in [5.74, 6) is 0. The molecule has 0 amide bonds. The van der Waals surface area contributed by atoms with E-state index in [2.05, 4.69) is 161 Å². The van der Waals surface area contributed by atoms with Crippen LogP contribution in [-0.4, -0.2) is 0 Å². The maximum absolute atomic E-state index is 2.46. The largest absolute Gasteiger partial charge is 0.310 e. The van der Waals surface area contributed by atoms with Crippen molar-refractivity contribution in [1.29, 1.82) is 0 Å². The van der Waals surface area contributed by atoms with Crippen LogP contribution in [-0.2, 0) is 10.8 Å². The van der Waals surface area contributed by atoms with E-state index < -0.39 is 0 Å². The minimum absolute atomic E-state index is 0.0527. The van der Waals surface area contributed by atoms with Crippen LogP contribution in [0.5, 0.6) is 0 Å². The zero-order chi connectivity index (χ0) is 28.8. The molecule has 0 aliphatic heterocycles. The molecule has 6 aromatic carbocycles. The maximum atomic E-state index is 2.46. The van der Waals surface area contributed by atoms with Crippen molar-refractivity contribution in [3.63, 3.8) is 0 Å². The zero-order valence-electron chi connectivity index (χ0n) is 25.0. The van der Waals surface area contributed by atoms with Crippen molar-refractivity contribution in [3.8, 4) is 22.3 Å². The van der Waals surface area contributed by atoms with Crippen LogP contribution >= 0.6 is 0 Å². The predicted octanol–water partition coefficient (Wildman–Crippen LogP) is 11.2. The molecule has 0 saturated heterocycles. The first-order chi connectivity index (χ1) is 20.2. The molecule has 0 bridgehead atoms. The number of para-hydroxylation sites is 1. The van der Waals surface area contributed by atoms with Gasteiger partial charge >= 0.3 is 0 Å². The van der Waals surface area contributed by atoms with Gasteiger partial charge in [0, 0.05) is 27.9 Å². The summed E-state index contributed by atoms with van der Waals surface area (Å²) in [6.07, 6.45) is 0. The summed E-state index contributed by atoms with van der Waals surface area (Å²) in [6.45, 7) is 11.7. The van der Waals surface area contributed by atoms with Crippen molar-refractivity contribution < 1.29 is 0 Å². The number of hydrogen-bond donors (Lipinski definition) is 0. The third-order valence-electron chi connectivity index (χ3n) is 9.97. The molecular weight excluding hydrogens is 506 g/mol. The molecule has 0 unspecified atom stereocenters. The lowest BCUT2D eigenvalue weighted by molar-refractivity contribution is 0.660. The summed E-state index contributed by atoms with van der Waals surface area (Å²) in [5, 5.41) is 2.60. The first-order valence-electron chi connectivity index (χ1n) is 15.0. The molecule has 2 aliphatic rings. The molecular formula is C41H35N. The molecule has 0 fully saturated rings. The maximum Gasteiger partial charge on any atom is 0.0490 e. The summed E-state index contributed by atoms with van der Waals surface area (Å²) in [5.41, 5.74) is 15.7. The van der Waals surface area contributed by atoms with Crippen LogP contribution in [0.4, 0.5) is 17.1 Å². The number of fused-ring (bicyclic) bond motifs is 7. The minimum Gasteiger partial charge on any atom is -0.310 e. The van der Waals surface area contributed by atoms with E-state index in [1.54, 1.807) is 0 Å². The second kappa shape index (κ2) is 8.69. The molecule has 6 aromatic rings. The molecule has 8 rings (SSSR count). The van der Waals surface area contributed by atoms with Gasteiger partial charge in [-0.05, 0) is 110 Å². The van der Waals surface area contributed by atoms with Crippen LogP contribution in [0.15, 0.2) is 121 Å². The fourth-order valence-electron chi connectivity index (χ4n) is 7.62. The van der Waals surface area contributed by atoms with Gasteiger partial charge in [0.2, 0.25) is 0 Å². The van der Waals surface area contributed by atoms with Gasteiger partial charge in [0.15, 0.2) is 0 Å². The second-order valence-electron chi connectivity index (χ2n) is 13.1.